The molecule has 1 saturated heterocycles. The van der Waals surface area contributed by atoms with Crippen LogP contribution in [0.1, 0.15) is 46.5 Å². The molecular formula is C22H27ClN2O2S. The first kappa shape index (κ1) is 19.7. The van der Waals surface area contributed by atoms with Crippen LogP contribution in [-0.2, 0) is 13.0 Å². The highest BCUT2D eigenvalue weighted by atomic mass is 35.5. The van der Waals surface area contributed by atoms with Gasteiger partial charge in [0, 0.05) is 28.6 Å². The Kier molecular flexibility index (Phi) is 6.55. The average Bonchev–Trinajstić information content (AvgIpc) is 3.13. The number of hydrogen-bond donors (Lipinski definition) is 0. The first-order valence-corrected chi connectivity index (χ1v) is 11.4. The molecule has 0 N–H and O–H groups in total. The summed E-state index contributed by atoms with van der Waals surface area (Å²) in [5, 5.41) is 1.58. The van der Waals surface area contributed by atoms with Gasteiger partial charge in [-0.1, -0.05) is 24.1 Å². The van der Waals surface area contributed by atoms with Crippen LogP contribution in [0.4, 0.5) is 0 Å². The van der Waals surface area contributed by atoms with Crippen molar-refractivity contribution in [3.8, 4) is 5.06 Å². The SMILES string of the molecule is O=C(c1cccc(Cl)c1)N1CCc2cc(OCCCN3CCCCC3)sc2C1. The lowest BCUT2D eigenvalue weighted by Crippen LogP contribution is -2.35. The van der Waals surface area contributed by atoms with Gasteiger partial charge in [-0.25, -0.2) is 0 Å². The summed E-state index contributed by atoms with van der Waals surface area (Å²) in [5.74, 6) is 0.0468. The lowest BCUT2D eigenvalue weighted by molar-refractivity contribution is 0.0737. The van der Waals surface area contributed by atoms with E-state index in [9.17, 15) is 4.79 Å². The standard InChI is InChI=1S/C22H27ClN2O2S/c23-19-7-4-6-18(14-19)22(26)25-12-8-17-15-21(28-20(17)16-25)27-13-5-11-24-9-2-1-3-10-24/h4,6-7,14-15H,1-3,5,8-13,16H2. The summed E-state index contributed by atoms with van der Waals surface area (Å²) < 4.78 is 6.02. The molecule has 150 valence electrons. The number of thiophene rings is 1. The van der Waals surface area contributed by atoms with Crippen molar-refractivity contribution in [2.45, 2.75) is 38.6 Å². The molecule has 3 heterocycles. The molecule has 0 spiro atoms. The van der Waals surface area contributed by atoms with Gasteiger partial charge >= 0.3 is 0 Å². The number of piperidine rings is 1. The van der Waals surface area contributed by atoms with Crippen molar-refractivity contribution in [2.24, 2.45) is 0 Å². The number of carbonyl (C=O) groups is 1. The lowest BCUT2D eigenvalue weighted by Gasteiger charge is -2.26. The molecule has 2 aromatic rings. The fraction of sp³-hybridized carbons (Fsp3) is 0.500. The maximum atomic E-state index is 12.8. The van der Waals surface area contributed by atoms with E-state index in [1.165, 1.54) is 42.8 Å². The minimum atomic E-state index is 0.0468. The van der Waals surface area contributed by atoms with E-state index >= 15 is 0 Å². The molecule has 28 heavy (non-hydrogen) atoms. The predicted molar refractivity (Wildman–Crippen MR) is 115 cm³/mol. The number of benzene rings is 1. The number of rotatable bonds is 6. The normalized spacial score (nSPS) is 17.4. The van der Waals surface area contributed by atoms with Crippen LogP contribution in [-0.4, -0.2) is 48.5 Å². The van der Waals surface area contributed by atoms with E-state index < -0.39 is 0 Å². The Labute approximate surface area is 176 Å². The van der Waals surface area contributed by atoms with Crippen LogP contribution >= 0.6 is 22.9 Å². The van der Waals surface area contributed by atoms with E-state index in [1.54, 1.807) is 23.5 Å². The lowest BCUT2D eigenvalue weighted by atomic mass is 10.1. The predicted octanol–water partition coefficient (Wildman–Crippen LogP) is 4.85. The van der Waals surface area contributed by atoms with Crippen LogP contribution in [0.3, 0.4) is 0 Å². The van der Waals surface area contributed by atoms with Gasteiger partial charge in [0.1, 0.15) is 0 Å². The van der Waals surface area contributed by atoms with E-state index in [0.717, 1.165) is 37.6 Å². The molecule has 0 aliphatic carbocycles. The molecule has 1 aromatic heterocycles. The Morgan fingerprint density at radius 1 is 1.14 bits per heavy atom. The van der Waals surface area contributed by atoms with E-state index in [-0.39, 0.29) is 5.91 Å². The zero-order chi connectivity index (χ0) is 19.3. The maximum absolute atomic E-state index is 12.8. The molecule has 0 atom stereocenters. The maximum Gasteiger partial charge on any atom is 0.254 e. The molecule has 0 unspecified atom stereocenters. The van der Waals surface area contributed by atoms with Crippen LogP contribution < -0.4 is 4.74 Å². The fourth-order valence-electron chi connectivity index (χ4n) is 3.98. The molecule has 4 nitrogen and oxygen atoms in total. The van der Waals surface area contributed by atoms with Gasteiger partial charge in [-0.05, 0) is 68.6 Å². The van der Waals surface area contributed by atoms with Crippen molar-refractivity contribution in [3.63, 3.8) is 0 Å². The molecule has 2 aliphatic rings. The van der Waals surface area contributed by atoms with Crippen molar-refractivity contribution in [3.05, 3.63) is 51.4 Å². The third-order valence-electron chi connectivity index (χ3n) is 5.53. The molecule has 2 aliphatic heterocycles. The fourth-order valence-corrected chi connectivity index (χ4v) is 5.27. The van der Waals surface area contributed by atoms with Crippen LogP contribution in [0, 0.1) is 0 Å². The Morgan fingerprint density at radius 3 is 2.82 bits per heavy atom. The van der Waals surface area contributed by atoms with Crippen LogP contribution in [0.15, 0.2) is 30.3 Å². The second-order valence-corrected chi connectivity index (χ2v) is 9.14. The molecule has 4 rings (SSSR count). The number of nitrogens with zero attached hydrogens (tertiary/aromatic N) is 2. The molecule has 1 fully saturated rings. The zero-order valence-electron chi connectivity index (χ0n) is 16.2. The summed E-state index contributed by atoms with van der Waals surface area (Å²) in [7, 11) is 0. The van der Waals surface area contributed by atoms with Gasteiger partial charge in [-0.15, -0.1) is 11.3 Å². The Hall–Kier alpha value is -1.56. The second-order valence-electron chi connectivity index (χ2n) is 7.61. The Balaban J connectivity index is 1.29. The summed E-state index contributed by atoms with van der Waals surface area (Å²) in [6, 6.07) is 9.36. The summed E-state index contributed by atoms with van der Waals surface area (Å²) in [6.07, 6.45) is 6.01. The van der Waals surface area contributed by atoms with Gasteiger partial charge < -0.3 is 14.5 Å². The Morgan fingerprint density at radius 2 is 2.00 bits per heavy atom. The van der Waals surface area contributed by atoms with Crippen LogP contribution in [0.25, 0.3) is 0 Å². The molecule has 0 radical (unpaired) electrons. The second kappa shape index (κ2) is 9.29. The van der Waals surface area contributed by atoms with Crippen molar-refractivity contribution in [2.75, 3.05) is 32.8 Å². The van der Waals surface area contributed by atoms with Crippen molar-refractivity contribution >= 4 is 28.8 Å². The zero-order valence-corrected chi connectivity index (χ0v) is 17.7. The van der Waals surface area contributed by atoms with Gasteiger partial charge in [0.15, 0.2) is 5.06 Å². The van der Waals surface area contributed by atoms with E-state index in [1.807, 2.05) is 17.0 Å². The van der Waals surface area contributed by atoms with Gasteiger partial charge in [-0.2, -0.15) is 0 Å². The molecular weight excluding hydrogens is 392 g/mol. The van der Waals surface area contributed by atoms with Crippen LogP contribution in [0.5, 0.6) is 5.06 Å². The highest BCUT2D eigenvalue weighted by molar-refractivity contribution is 7.14. The first-order valence-electron chi connectivity index (χ1n) is 10.2. The van der Waals surface area contributed by atoms with Gasteiger partial charge in [0.05, 0.1) is 13.2 Å². The largest absolute Gasteiger partial charge is 0.484 e. The first-order chi connectivity index (χ1) is 13.7. The molecule has 1 amide bonds. The topological polar surface area (TPSA) is 32.8 Å². The monoisotopic (exact) mass is 418 g/mol. The van der Waals surface area contributed by atoms with Crippen molar-refractivity contribution in [1.29, 1.82) is 0 Å². The van der Waals surface area contributed by atoms with Gasteiger partial charge in [-0.3, -0.25) is 4.79 Å². The Bertz CT molecular complexity index is 817. The minimum Gasteiger partial charge on any atom is -0.484 e. The highest BCUT2D eigenvalue weighted by Crippen LogP contribution is 2.34. The molecule has 6 heteroatoms. The molecule has 0 saturated carbocycles. The number of halogens is 1. The van der Waals surface area contributed by atoms with Gasteiger partial charge in [0.25, 0.3) is 5.91 Å². The summed E-state index contributed by atoms with van der Waals surface area (Å²) in [4.78, 5) is 18.5. The summed E-state index contributed by atoms with van der Waals surface area (Å²) >= 11 is 7.72. The van der Waals surface area contributed by atoms with Crippen molar-refractivity contribution in [1.82, 2.24) is 9.80 Å². The smallest absolute Gasteiger partial charge is 0.254 e. The number of fused-ring (bicyclic) bond motifs is 1. The minimum absolute atomic E-state index is 0.0468. The number of carbonyl (C=O) groups excluding carboxylic acids is 1. The molecule has 1 aromatic carbocycles. The number of likely N-dealkylation sites (tertiary alicyclic amines) is 1. The van der Waals surface area contributed by atoms with E-state index in [2.05, 4.69) is 11.0 Å². The highest BCUT2D eigenvalue weighted by Gasteiger charge is 2.24. The van der Waals surface area contributed by atoms with E-state index in [4.69, 9.17) is 16.3 Å². The quantitative estimate of drug-likeness (QED) is 0.628. The number of ether oxygens (including phenoxy) is 1. The summed E-state index contributed by atoms with van der Waals surface area (Å²) in [6.45, 7) is 5.77. The third kappa shape index (κ3) is 4.88. The van der Waals surface area contributed by atoms with Crippen molar-refractivity contribution < 1.29 is 9.53 Å². The average molecular weight is 419 g/mol. The summed E-state index contributed by atoms with van der Waals surface area (Å²) in [5.41, 5.74) is 1.98. The van der Waals surface area contributed by atoms with Gasteiger partial charge in [0.2, 0.25) is 0 Å². The third-order valence-corrected chi connectivity index (χ3v) is 6.84. The number of hydrogen-bond acceptors (Lipinski definition) is 4. The molecule has 0 bridgehead atoms. The number of amides is 1. The van der Waals surface area contributed by atoms with Crippen LogP contribution in [0.2, 0.25) is 5.02 Å². The van der Waals surface area contributed by atoms with E-state index in [0.29, 0.717) is 17.1 Å².